The van der Waals surface area contributed by atoms with Crippen LogP contribution in [0.5, 0.6) is 0 Å². The van der Waals surface area contributed by atoms with Crippen molar-refractivity contribution in [2.24, 2.45) is 11.7 Å². The minimum absolute atomic E-state index is 0.0662. The monoisotopic (exact) mass is 502 g/mol. The van der Waals surface area contributed by atoms with Gasteiger partial charge in [0.2, 0.25) is 17.7 Å². The molecule has 0 fully saturated rings. The van der Waals surface area contributed by atoms with E-state index in [1.165, 1.54) is 6.33 Å². The zero-order chi connectivity index (χ0) is 26.7. The van der Waals surface area contributed by atoms with Crippen LogP contribution in [0.15, 0.2) is 42.9 Å². The van der Waals surface area contributed by atoms with Crippen molar-refractivity contribution in [2.75, 3.05) is 6.61 Å². The molecule has 0 aliphatic rings. The summed E-state index contributed by atoms with van der Waals surface area (Å²) >= 11 is 0. The van der Waals surface area contributed by atoms with Crippen LogP contribution in [0.4, 0.5) is 0 Å². The molecule has 5 atom stereocenters. The summed E-state index contributed by atoms with van der Waals surface area (Å²) < 4.78 is 0. The first-order valence-corrected chi connectivity index (χ1v) is 11.7. The van der Waals surface area contributed by atoms with Gasteiger partial charge in [0.05, 0.1) is 19.0 Å². The maximum absolute atomic E-state index is 13.3. The number of hydrogen-bond donors (Lipinski definition) is 7. The van der Waals surface area contributed by atoms with Gasteiger partial charge in [0.1, 0.15) is 18.1 Å². The number of nitrogens with two attached hydrogens (primary N) is 1. The van der Waals surface area contributed by atoms with Crippen molar-refractivity contribution in [3.63, 3.8) is 0 Å². The number of H-pyrrole nitrogens is 1. The Morgan fingerprint density at radius 2 is 1.67 bits per heavy atom. The van der Waals surface area contributed by atoms with Gasteiger partial charge in [0.15, 0.2) is 0 Å². The molecule has 2 aromatic rings. The number of carbonyl (C=O) groups is 4. The van der Waals surface area contributed by atoms with Crippen molar-refractivity contribution in [1.82, 2.24) is 25.9 Å². The normalized spacial score (nSPS) is 15.1. The number of aromatic amines is 1. The molecule has 12 nitrogen and oxygen atoms in total. The third-order valence-electron chi connectivity index (χ3n) is 5.84. The summed E-state index contributed by atoms with van der Waals surface area (Å²) in [4.78, 5) is 57.0. The Balaban J connectivity index is 2.18. The maximum atomic E-state index is 13.3. The fourth-order valence-electron chi connectivity index (χ4n) is 3.47. The van der Waals surface area contributed by atoms with Crippen LogP contribution in [-0.2, 0) is 32.0 Å². The number of aliphatic hydroxyl groups excluding tert-OH is 1. The summed E-state index contributed by atoms with van der Waals surface area (Å²) in [5.41, 5.74) is 7.40. The number of nitrogens with one attached hydrogen (secondary N) is 4. The lowest BCUT2D eigenvalue weighted by Gasteiger charge is -2.28. The second kappa shape index (κ2) is 14.0. The molecule has 0 aliphatic carbocycles. The average Bonchev–Trinajstić information content (AvgIpc) is 3.37. The van der Waals surface area contributed by atoms with E-state index in [1.807, 2.05) is 6.92 Å². The molecule has 1 heterocycles. The highest BCUT2D eigenvalue weighted by molar-refractivity contribution is 5.94. The second-order valence-corrected chi connectivity index (χ2v) is 8.59. The lowest BCUT2D eigenvalue weighted by atomic mass is 9.96. The first kappa shape index (κ1) is 28.5. The SMILES string of the molecule is CCC(C)C(NC(=O)C(N)Cc1cnc[nH]1)C(=O)NC(Cc1ccccc1)C(=O)NC(CO)C(=O)O. The van der Waals surface area contributed by atoms with Crippen LogP contribution >= 0.6 is 0 Å². The molecule has 3 amide bonds. The van der Waals surface area contributed by atoms with Gasteiger partial charge in [0.25, 0.3) is 0 Å². The van der Waals surface area contributed by atoms with E-state index >= 15 is 0 Å². The Kier molecular flexibility index (Phi) is 11.0. The van der Waals surface area contributed by atoms with E-state index in [9.17, 15) is 29.4 Å². The zero-order valence-electron chi connectivity index (χ0n) is 20.3. The number of aliphatic hydroxyl groups is 1. The van der Waals surface area contributed by atoms with Crippen LogP contribution in [0.1, 0.15) is 31.5 Å². The van der Waals surface area contributed by atoms with E-state index in [0.29, 0.717) is 12.1 Å². The number of carboxylic acids is 1. The predicted molar refractivity (Wildman–Crippen MR) is 130 cm³/mol. The molecule has 0 radical (unpaired) electrons. The average molecular weight is 503 g/mol. The van der Waals surface area contributed by atoms with E-state index in [4.69, 9.17) is 5.73 Å². The lowest BCUT2D eigenvalue weighted by molar-refractivity contribution is -0.143. The number of hydrogen-bond acceptors (Lipinski definition) is 7. The van der Waals surface area contributed by atoms with E-state index in [2.05, 4.69) is 25.9 Å². The Morgan fingerprint density at radius 1 is 1.00 bits per heavy atom. The molecule has 1 aromatic carbocycles. The van der Waals surface area contributed by atoms with Gasteiger partial charge < -0.3 is 36.9 Å². The van der Waals surface area contributed by atoms with Crippen LogP contribution < -0.4 is 21.7 Å². The first-order chi connectivity index (χ1) is 17.2. The van der Waals surface area contributed by atoms with Gasteiger partial charge >= 0.3 is 5.97 Å². The fourth-order valence-corrected chi connectivity index (χ4v) is 3.47. The molecule has 8 N–H and O–H groups in total. The highest BCUT2D eigenvalue weighted by Gasteiger charge is 2.32. The third-order valence-corrected chi connectivity index (χ3v) is 5.84. The topological polar surface area (TPSA) is 200 Å². The van der Waals surface area contributed by atoms with Crippen LogP contribution in [0, 0.1) is 5.92 Å². The Bertz CT molecular complexity index is 1000. The molecular weight excluding hydrogens is 468 g/mol. The minimum atomic E-state index is -1.53. The Hall–Kier alpha value is -3.77. The molecular formula is C24H34N6O6. The zero-order valence-corrected chi connectivity index (χ0v) is 20.3. The van der Waals surface area contributed by atoms with E-state index in [1.54, 1.807) is 43.5 Å². The number of imidazole rings is 1. The van der Waals surface area contributed by atoms with Crippen LogP contribution in [0.3, 0.4) is 0 Å². The largest absolute Gasteiger partial charge is 0.480 e. The maximum Gasteiger partial charge on any atom is 0.328 e. The molecule has 0 bridgehead atoms. The van der Waals surface area contributed by atoms with Gasteiger partial charge in [-0.1, -0.05) is 50.6 Å². The van der Waals surface area contributed by atoms with Crippen LogP contribution in [-0.4, -0.2) is 74.6 Å². The van der Waals surface area contributed by atoms with Gasteiger partial charge in [-0.3, -0.25) is 14.4 Å². The summed E-state index contributed by atoms with van der Waals surface area (Å²) in [7, 11) is 0. The molecule has 196 valence electrons. The number of aliphatic carboxylic acids is 1. The number of carboxylic acid groups (broad SMARTS) is 1. The Morgan fingerprint density at radius 3 is 2.22 bits per heavy atom. The molecule has 0 spiro atoms. The van der Waals surface area contributed by atoms with Crippen LogP contribution in [0.25, 0.3) is 0 Å². The molecule has 0 aliphatic heterocycles. The quantitative estimate of drug-likeness (QED) is 0.172. The van der Waals surface area contributed by atoms with Crippen molar-refractivity contribution in [3.8, 4) is 0 Å². The number of nitrogens with zero attached hydrogens (tertiary/aromatic N) is 1. The van der Waals surface area contributed by atoms with Gasteiger partial charge in [-0.2, -0.15) is 0 Å². The Labute approximate surface area is 209 Å². The molecule has 36 heavy (non-hydrogen) atoms. The summed E-state index contributed by atoms with van der Waals surface area (Å²) in [5, 5.41) is 26.0. The van der Waals surface area contributed by atoms with E-state index in [0.717, 1.165) is 5.56 Å². The standard InChI is InChI=1S/C24H34N6O6/c1-3-14(2)20(30-21(32)17(25)10-16-11-26-13-27-16)23(34)28-18(9-15-7-5-4-6-8-15)22(33)29-19(12-31)24(35)36/h4-8,11,13-14,17-20,31H,3,9-10,12,25H2,1-2H3,(H,26,27)(H,28,34)(H,29,33)(H,30,32)(H,35,36). The smallest absolute Gasteiger partial charge is 0.328 e. The molecule has 1 aromatic heterocycles. The molecule has 5 unspecified atom stereocenters. The number of carbonyl (C=O) groups excluding carboxylic acids is 3. The highest BCUT2D eigenvalue weighted by atomic mass is 16.4. The lowest BCUT2D eigenvalue weighted by Crippen LogP contribution is -2.59. The van der Waals surface area contributed by atoms with Crippen molar-refractivity contribution in [3.05, 3.63) is 54.1 Å². The minimum Gasteiger partial charge on any atom is -0.480 e. The molecule has 2 rings (SSSR count). The number of amides is 3. The van der Waals surface area contributed by atoms with E-state index in [-0.39, 0.29) is 18.8 Å². The number of rotatable bonds is 14. The van der Waals surface area contributed by atoms with E-state index < -0.39 is 54.5 Å². The number of benzene rings is 1. The summed E-state index contributed by atoms with van der Waals surface area (Å²) in [5.74, 6) is -3.64. The summed E-state index contributed by atoms with van der Waals surface area (Å²) in [6.07, 6.45) is 3.83. The van der Waals surface area contributed by atoms with Gasteiger partial charge in [-0.05, 0) is 11.5 Å². The summed E-state index contributed by atoms with van der Waals surface area (Å²) in [6, 6.07) is 4.24. The first-order valence-electron chi connectivity index (χ1n) is 11.7. The fraction of sp³-hybridized carbons (Fsp3) is 0.458. The van der Waals surface area contributed by atoms with Gasteiger partial charge in [0, 0.05) is 24.7 Å². The molecule has 0 saturated carbocycles. The third kappa shape index (κ3) is 8.47. The van der Waals surface area contributed by atoms with Crippen LogP contribution in [0.2, 0.25) is 0 Å². The predicted octanol–water partition coefficient (Wildman–Crippen LogP) is -0.900. The highest BCUT2D eigenvalue weighted by Crippen LogP contribution is 2.11. The molecule has 0 saturated heterocycles. The van der Waals surface area contributed by atoms with Gasteiger partial charge in [-0.25, -0.2) is 9.78 Å². The van der Waals surface area contributed by atoms with Gasteiger partial charge in [-0.15, -0.1) is 0 Å². The van der Waals surface area contributed by atoms with Crippen molar-refractivity contribution >= 4 is 23.7 Å². The second-order valence-electron chi connectivity index (χ2n) is 8.59. The van der Waals surface area contributed by atoms with Crippen molar-refractivity contribution in [2.45, 2.75) is 57.3 Å². The van der Waals surface area contributed by atoms with Crippen molar-refractivity contribution in [1.29, 1.82) is 0 Å². The number of aromatic nitrogens is 2. The summed E-state index contributed by atoms with van der Waals surface area (Å²) in [6.45, 7) is 2.82. The van der Waals surface area contributed by atoms with Crippen molar-refractivity contribution < 1.29 is 29.4 Å². The molecule has 12 heteroatoms.